The lowest BCUT2D eigenvalue weighted by Crippen LogP contribution is -2.27. The summed E-state index contributed by atoms with van der Waals surface area (Å²) in [5.41, 5.74) is 1.99. The van der Waals surface area contributed by atoms with Gasteiger partial charge in [0, 0.05) is 37.4 Å². The van der Waals surface area contributed by atoms with E-state index in [1.165, 1.54) is 37.4 Å². The molecule has 1 aromatic heterocycles. The second kappa shape index (κ2) is 16.4. The third kappa shape index (κ3) is 11.1. The van der Waals surface area contributed by atoms with Gasteiger partial charge in [0.25, 0.3) is 0 Å². The number of rotatable bonds is 14. The Morgan fingerprint density at radius 1 is 1.10 bits per heavy atom. The van der Waals surface area contributed by atoms with Crippen LogP contribution in [0.5, 0.6) is 0 Å². The maximum atomic E-state index is 13.6. The molecule has 0 radical (unpaired) electrons. The number of carbonyl (C=O) groups excluding carboxylic acids is 1. The molecule has 2 N–H and O–H groups in total. The lowest BCUT2D eigenvalue weighted by atomic mass is 9.97. The average Bonchev–Trinajstić information content (AvgIpc) is 2.87. The molecule has 2 aromatic rings. The highest BCUT2D eigenvalue weighted by Gasteiger charge is 2.22. The van der Waals surface area contributed by atoms with E-state index in [1.54, 1.807) is 6.08 Å². The van der Waals surface area contributed by atoms with E-state index in [-0.39, 0.29) is 30.5 Å². The smallest absolute Gasteiger partial charge is 0.239 e. The Labute approximate surface area is 233 Å². The molecule has 1 heterocycles. The molecule has 0 saturated carbocycles. The van der Waals surface area contributed by atoms with Gasteiger partial charge >= 0.3 is 0 Å². The van der Waals surface area contributed by atoms with Gasteiger partial charge in [-0.05, 0) is 36.6 Å². The first kappa shape index (κ1) is 34.3. The largest absolute Gasteiger partial charge is 0.393 e. The minimum Gasteiger partial charge on any atom is -0.393 e. The van der Waals surface area contributed by atoms with Gasteiger partial charge in [-0.2, -0.15) is 0 Å². The highest BCUT2D eigenvalue weighted by atomic mass is 32.2. The summed E-state index contributed by atoms with van der Waals surface area (Å²) in [6, 6.07) is 5.63. The number of benzene rings is 1. The van der Waals surface area contributed by atoms with Crippen molar-refractivity contribution in [3.05, 3.63) is 47.4 Å². The highest BCUT2D eigenvalue weighted by molar-refractivity contribution is 7.92. The molecule has 2 rings (SSSR count). The molecule has 10 heteroatoms. The summed E-state index contributed by atoms with van der Waals surface area (Å²) in [4.78, 5) is 21.0. The van der Waals surface area contributed by atoms with Crippen LogP contribution in [-0.4, -0.2) is 59.9 Å². The first-order chi connectivity index (χ1) is 18.3. The van der Waals surface area contributed by atoms with E-state index < -0.39 is 28.0 Å². The number of carbonyl (C=O) groups is 1. The number of halogens is 1. The van der Waals surface area contributed by atoms with Crippen molar-refractivity contribution in [2.45, 2.75) is 91.3 Å². The number of ketones is 1. The van der Waals surface area contributed by atoms with Crippen LogP contribution < -0.4 is 4.31 Å². The molecule has 0 amide bonds. The molecule has 0 bridgehead atoms. The first-order valence-corrected chi connectivity index (χ1v) is 15.4. The minimum absolute atomic E-state index is 0.0116. The average molecular weight is 566 g/mol. The van der Waals surface area contributed by atoms with Gasteiger partial charge in [0.05, 0.1) is 29.9 Å². The molecule has 218 valence electrons. The van der Waals surface area contributed by atoms with Crippen LogP contribution in [0.1, 0.15) is 90.3 Å². The lowest BCUT2D eigenvalue weighted by molar-refractivity contribution is -0.121. The van der Waals surface area contributed by atoms with Crippen LogP contribution in [-0.2, 0) is 14.8 Å². The molecular weight excluding hydrogens is 521 g/mol. The predicted molar refractivity (Wildman–Crippen MR) is 156 cm³/mol. The zero-order valence-corrected chi connectivity index (χ0v) is 25.0. The first-order valence-electron chi connectivity index (χ1n) is 13.5. The third-order valence-electron chi connectivity index (χ3n) is 5.93. The maximum Gasteiger partial charge on any atom is 0.239 e. The number of sulfonamides is 1. The Bertz CT molecular complexity index is 1180. The molecule has 0 aliphatic rings. The molecular formula is C29H44FN3O5S. The summed E-state index contributed by atoms with van der Waals surface area (Å²) in [5.74, 6) is -0.629. The molecule has 8 nitrogen and oxygen atoms in total. The zero-order valence-electron chi connectivity index (χ0n) is 24.2. The number of Topliss-reactive ketones (excluding diaryl/α,β-unsaturated/α-hetero) is 1. The Hall–Kier alpha value is -2.69. The minimum atomic E-state index is -3.64. The summed E-state index contributed by atoms with van der Waals surface area (Å²) in [7, 11) is -2.28. The fraction of sp³-hybridized carbons (Fsp3) is 0.552. The Balaban J connectivity index is 0.00000371. The van der Waals surface area contributed by atoms with Crippen molar-refractivity contribution in [2.24, 2.45) is 0 Å². The molecule has 0 spiro atoms. The van der Waals surface area contributed by atoms with Gasteiger partial charge < -0.3 is 10.2 Å². The fourth-order valence-corrected chi connectivity index (χ4v) is 4.16. The van der Waals surface area contributed by atoms with E-state index in [0.717, 1.165) is 29.8 Å². The van der Waals surface area contributed by atoms with Gasteiger partial charge in [0.1, 0.15) is 11.6 Å². The van der Waals surface area contributed by atoms with Crippen LogP contribution in [0.25, 0.3) is 17.3 Å². The van der Waals surface area contributed by atoms with E-state index in [1.807, 2.05) is 27.7 Å². The second-order valence-corrected chi connectivity index (χ2v) is 11.6. The van der Waals surface area contributed by atoms with Crippen molar-refractivity contribution in [3.63, 3.8) is 0 Å². The molecule has 1 aromatic carbocycles. The fourth-order valence-electron chi connectivity index (χ4n) is 3.78. The number of hydrogen-bond donors (Lipinski definition) is 2. The number of unbranched alkanes of at least 4 members (excludes halogenated alkanes) is 2. The Kier molecular flexibility index (Phi) is 14.5. The summed E-state index contributed by atoms with van der Waals surface area (Å²) in [6.45, 7) is 9.84. The molecule has 2 atom stereocenters. The van der Waals surface area contributed by atoms with Crippen molar-refractivity contribution in [3.8, 4) is 11.3 Å². The topological polar surface area (TPSA) is 121 Å². The van der Waals surface area contributed by atoms with E-state index in [9.17, 15) is 27.8 Å². The number of aliphatic hydroxyl groups is 2. The van der Waals surface area contributed by atoms with Gasteiger partial charge in [-0.1, -0.05) is 59.6 Å². The summed E-state index contributed by atoms with van der Waals surface area (Å²) < 4.78 is 38.9. The van der Waals surface area contributed by atoms with Crippen molar-refractivity contribution in [1.82, 2.24) is 9.97 Å². The van der Waals surface area contributed by atoms with Gasteiger partial charge in [0.15, 0.2) is 0 Å². The molecule has 0 saturated heterocycles. The lowest BCUT2D eigenvalue weighted by Gasteiger charge is -2.20. The van der Waals surface area contributed by atoms with Crippen molar-refractivity contribution >= 4 is 27.8 Å². The monoisotopic (exact) mass is 565 g/mol. The number of hydrogen-bond acceptors (Lipinski definition) is 7. The van der Waals surface area contributed by atoms with Crippen LogP contribution in [0.15, 0.2) is 30.3 Å². The summed E-state index contributed by atoms with van der Waals surface area (Å²) >= 11 is 0. The van der Waals surface area contributed by atoms with Crippen LogP contribution >= 0.6 is 0 Å². The van der Waals surface area contributed by atoms with Gasteiger partial charge in [-0.15, -0.1) is 0 Å². The highest BCUT2D eigenvalue weighted by Crippen LogP contribution is 2.31. The molecule has 2 unspecified atom stereocenters. The van der Waals surface area contributed by atoms with E-state index in [4.69, 9.17) is 0 Å². The molecule has 0 aliphatic heterocycles. The maximum absolute atomic E-state index is 13.6. The van der Waals surface area contributed by atoms with Crippen molar-refractivity contribution in [2.75, 3.05) is 17.6 Å². The van der Waals surface area contributed by atoms with Crippen LogP contribution in [0.2, 0.25) is 0 Å². The second-order valence-electron chi connectivity index (χ2n) is 9.58. The van der Waals surface area contributed by atoms with E-state index in [0.29, 0.717) is 28.9 Å². The van der Waals surface area contributed by atoms with Crippen LogP contribution in [0.3, 0.4) is 0 Å². The van der Waals surface area contributed by atoms with Crippen LogP contribution in [0, 0.1) is 5.82 Å². The van der Waals surface area contributed by atoms with E-state index >= 15 is 0 Å². The summed E-state index contributed by atoms with van der Waals surface area (Å²) in [6.07, 6.45) is 5.29. The van der Waals surface area contributed by atoms with Crippen molar-refractivity contribution in [1.29, 1.82) is 0 Å². The SMILES string of the molecule is CC.CCCCCC(=O)CC(O)CC(O)/C=C/c1c(-c2ccc(F)cc2)nc(N(C)S(C)(=O)=O)nc1C(C)C. The normalized spacial score (nSPS) is 13.2. The van der Waals surface area contributed by atoms with Gasteiger partial charge in [0.2, 0.25) is 16.0 Å². The Morgan fingerprint density at radius 2 is 1.72 bits per heavy atom. The quantitative estimate of drug-likeness (QED) is 0.291. The molecule has 0 fully saturated rings. The standard InChI is InChI=1S/C27H38FN3O5S.C2H6/c1-6-7-8-9-21(32)16-23(34)17-22(33)14-15-24-25(18(2)3)29-27(31(4)37(5,35)36)30-26(24)19-10-12-20(28)13-11-19;1-2/h10-15,18,22-23,33-34H,6-9,16-17H2,1-5H3;1-2H3/b15-14+;. The van der Waals surface area contributed by atoms with Gasteiger partial charge in [-0.25, -0.2) is 27.1 Å². The van der Waals surface area contributed by atoms with E-state index in [2.05, 4.69) is 16.9 Å². The number of aliphatic hydroxyl groups excluding tert-OH is 2. The zero-order chi connectivity index (χ0) is 29.8. The predicted octanol–water partition coefficient (Wildman–Crippen LogP) is 5.49. The summed E-state index contributed by atoms with van der Waals surface area (Å²) in [5, 5.41) is 20.8. The van der Waals surface area contributed by atoms with Gasteiger partial charge in [-0.3, -0.25) is 4.79 Å². The third-order valence-corrected chi connectivity index (χ3v) is 7.09. The number of anilines is 1. The Morgan fingerprint density at radius 3 is 2.26 bits per heavy atom. The van der Waals surface area contributed by atoms with Crippen LogP contribution in [0.4, 0.5) is 10.3 Å². The molecule has 0 aliphatic carbocycles. The molecule has 39 heavy (non-hydrogen) atoms. The van der Waals surface area contributed by atoms with Crippen molar-refractivity contribution < 1.29 is 27.8 Å². The number of aromatic nitrogens is 2. The number of nitrogens with zero attached hydrogens (tertiary/aromatic N) is 3.